The maximum Gasteiger partial charge on any atom is 0.307 e. The molecule has 3 N–H and O–H groups in total. The Labute approximate surface area is 87.0 Å². The second kappa shape index (κ2) is 4.88. The molecule has 1 heterocycles. The smallest absolute Gasteiger partial charge is 0.307 e. The number of aliphatic carboxylic acids is 1. The second-order valence-electron chi connectivity index (χ2n) is 3.65. The molecule has 84 valence electrons. The Bertz CT molecular complexity index is 290. The van der Waals surface area contributed by atoms with Crippen LogP contribution in [0.2, 0.25) is 0 Å². The lowest BCUT2D eigenvalue weighted by Gasteiger charge is -2.22. The van der Waals surface area contributed by atoms with Crippen LogP contribution in [0, 0.1) is 5.92 Å². The molecule has 1 rings (SSSR count). The van der Waals surface area contributed by atoms with Gasteiger partial charge in [-0.1, -0.05) is 6.92 Å². The number of imide groups is 1. The first-order valence-electron chi connectivity index (χ1n) is 4.80. The number of hydrogen-bond acceptors (Lipinski definition) is 4. The lowest BCUT2D eigenvalue weighted by Crippen LogP contribution is -2.51. The molecule has 1 aliphatic heterocycles. The largest absolute Gasteiger partial charge is 0.481 e. The van der Waals surface area contributed by atoms with Gasteiger partial charge in [-0.2, -0.15) is 0 Å². The molecule has 0 radical (unpaired) electrons. The van der Waals surface area contributed by atoms with Gasteiger partial charge in [0, 0.05) is 13.0 Å². The fourth-order valence-electron chi connectivity index (χ4n) is 1.29. The van der Waals surface area contributed by atoms with Crippen LogP contribution >= 0.6 is 0 Å². The second-order valence-corrected chi connectivity index (χ2v) is 3.65. The van der Waals surface area contributed by atoms with Crippen LogP contribution in [0.3, 0.4) is 0 Å². The Kier molecular flexibility index (Phi) is 3.79. The number of piperidine rings is 1. The summed E-state index contributed by atoms with van der Waals surface area (Å²) in [6.45, 7) is 1.78. The Balaban J connectivity index is 2.36. The van der Waals surface area contributed by atoms with E-state index in [1.807, 2.05) is 0 Å². The van der Waals surface area contributed by atoms with Crippen LogP contribution in [0.15, 0.2) is 0 Å². The van der Waals surface area contributed by atoms with Crippen LogP contribution in [0.5, 0.6) is 0 Å². The number of carbonyl (C=O) groups excluding carboxylic acids is 2. The monoisotopic (exact) mass is 214 g/mol. The van der Waals surface area contributed by atoms with Gasteiger partial charge < -0.3 is 10.4 Å². The topological polar surface area (TPSA) is 95.5 Å². The van der Waals surface area contributed by atoms with Crippen molar-refractivity contribution in [2.24, 2.45) is 5.92 Å². The van der Waals surface area contributed by atoms with Crippen LogP contribution in [0.25, 0.3) is 0 Å². The standard InChI is InChI=1S/C9H14N2O4/c1-5(9(14)15)4-10-6-2-3-7(12)11-8(6)13/h5-6,10H,2-4H2,1H3,(H,14,15)(H,11,12,13). The van der Waals surface area contributed by atoms with E-state index < -0.39 is 17.9 Å². The minimum Gasteiger partial charge on any atom is -0.481 e. The summed E-state index contributed by atoms with van der Waals surface area (Å²) in [4.78, 5) is 32.6. The van der Waals surface area contributed by atoms with Crippen LogP contribution < -0.4 is 10.6 Å². The summed E-state index contributed by atoms with van der Waals surface area (Å²) in [7, 11) is 0. The predicted molar refractivity (Wildman–Crippen MR) is 51.0 cm³/mol. The Morgan fingerprint density at radius 3 is 2.87 bits per heavy atom. The van der Waals surface area contributed by atoms with Gasteiger partial charge in [0.2, 0.25) is 11.8 Å². The van der Waals surface area contributed by atoms with Crippen molar-refractivity contribution in [3.63, 3.8) is 0 Å². The van der Waals surface area contributed by atoms with E-state index in [-0.39, 0.29) is 18.4 Å². The van der Waals surface area contributed by atoms with Crippen LogP contribution in [0.4, 0.5) is 0 Å². The Morgan fingerprint density at radius 2 is 2.33 bits per heavy atom. The fourth-order valence-corrected chi connectivity index (χ4v) is 1.29. The molecule has 0 aromatic rings. The van der Waals surface area contributed by atoms with Gasteiger partial charge in [0.05, 0.1) is 12.0 Å². The molecule has 0 spiro atoms. The molecule has 0 bridgehead atoms. The zero-order valence-corrected chi connectivity index (χ0v) is 8.45. The third-order valence-corrected chi connectivity index (χ3v) is 2.33. The van der Waals surface area contributed by atoms with Gasteiger partial charge in [0.1, 0.15) is 0 Å². The van der Waals surface area contributed by atoms with Crippen molar-refractivity contribution in [2.45, 2.75) is 25.8 Å². The third-order valence-electron chi connectivity index (χ3n) is 2.33. The van der Waals surface area contributed by atoms with E-state index in [1.54, 1.807) is 6.92 Å². The molecule has 6 heteroatoms. The maximum atomic E-state index is 11.2. The van der Waals surface area contributed by atoms with Gasteiger partial charge in [-0.05, 0) is 6.42 Å². The molecular weight excluding hydrogens is 200 g/mol. The van der Waals surface area contributed by atoms with Gasteiger partial charge in [-0.3, -0.25) is 19.7 Å². The molecule has 15 heavy (non-hydrogen) atoms. The lowest BCUT2D eigenvalue weighted by atomic mass is 10.1. The van der Waals surface area contributed by atoms with Crippen molar-refractivity contribution in [3.8, 4) is 0 Å². The quantitative estimate of drug-likeness (QED) is 0.527. The average molecular weight is 214 g/mol. The molecule has 1 fully saturated rings. The Morgan fingerprint density at radius 1 is 1.67 bits per heavy atom. The van der Waals surface area contributed by atoms with Gasteiger partial charge in [0.25, 0.3) is 0 Å². The normalized spacial score (nSPS) is 23.4. The third kappa shape index (κ3) is 3.32. The van der Waals surface area contributed by atoms with Crippen LogP contribution in [0.1, 0.15) is 19.8 Å². The summed E-state index contributed by atoms with van der Waals surface area (Å²) in [5, 5.41) is 13.6. The molecule has 0 aliphatic carbocycles. The molecule has 0 aromatic heterocycles. The molecule has 2 atom stereocenters. The SMILES string of the molecule is CC(CNC1CCC(=O)NC1=O)C(=O)O. The molecule has 2 unspecified atom stereocenters. The summed E-state index contributed by atoms with van der Waals surface area (Å²) in [6, 6.07) is -0.454. The van der Waals surface area contributed by atoms with E-state index in [2.05, 4.69) is 10.6 Å². The predicted octanol–water partition coefficient (Wildman–Crippen LogP) is -0.898. The number of carboxylic acids is 1. The van der Waals surface area contributed by atoms with Gasteiger partial charge in [-0.15, -0.1) is 0 Å². The lowest BCUT2D eigenvalue weighted by molar-refractivity contribution is -0.142. The van der Waals surface area contributed by atoms with Crippen molar-refractivity contribution in [1.29, 1.82) is 0 Å². The van der Waals surface area contributed by atoms with Crippen LogP contribution in [-0.4, -0.2) is 35.5 Å². The summed E-state index contributed by atoms with van der Waals surface area (Å²) >= 11 is 0. The van der Waals surface area contributed by atoms with E-state index in [1.165, 1.54) is 0 Å². The molecular formula is C9H14N2O4. The minimum atomic E-state index is -0.908. The minimum absolute atomic E-state index is 0.224. The van der Waals surface area contributed by atoms with E-state index in [0.717, 1.165) is 0 Å². The fraction of sp³-hybridized carbons (Fsp3) is 0.667. The molecule has 0 aromatic carbocycles. The summed E-state index contributed by atoms with van der Waals surface area (Å²) in [5.41, 5.74) is 0. The molecule has 6 nitrogen and oxygen atoms in total. The zero-order chi connectivity index (χ0) is 11.4. The van der Waals surface area contributed by atoms with Gasteiger partial charge in [-0.25, -0.2) is 0 Å². The van der Waals surface area contributed by atoms with Gasteiger partial charge >= 0.3 is 5.97 Å². The molecule has 1 aliphatic rings. The summed E-state index contributed by atoms with van der Waals surface area (Å²) in [5.74, 6) is -2.10. The van der Waals surface area contributed by atoms with Crippen molar-refractivity contribution >= 4 is 17.8 Å². The maximum absolute atomic E-state index is 11.2. The van der Waals surface area contributed by atoms with E-state index in [0.29, 0.717) is 12.8 Å². The van der Waals surface area contributed by atoms with Crippen LogP contribution in [-0.2, 0) is 14.4 Å². The highest BCUT2D eigenvalue weighted by molar-refractivity contribution is 6.00. The van der Waals surface area contributed by atoms with Crippen molar-refractivity contribution in [2.75, 3.05) is 6.54 Å². The number of nitrogens with one attached hydrogen (secondary N) is 2. The van der Waals surface area contributed by atoms with E-state index in [9.17, 15) is 14.4 Å². The molecule has 0 saturated carbocycles. The first-order valence-corrected chi connectivity index (χ1v) is 4.80. The first kappa shape index (κ1) is 11.6. The van der Waals surface area contributed by atoms with Gasteiger partial charge in [0.15, 0.2) is 0 Å². The van der Waals surface area contributed by atoms with Crippen molar-refractivity contribution < 1.29 is 19.5 Å². The molecule has 2 amide bonds. The van der Waals surface area contributed by atoms with E-state index in [4.69, 9.17) is 5.11 Å². The highest BCUT2D eigenvalue weighted by Crippen LogP contribution is 2.05. The number of rotatable bonds is 4. The molecule has 1 saturated heterocycles. The number of carboxylic acid groups (broad SMARTS) is 1. The van der Waals surface area contributed by atoms with E-state index >= 15 is 0 Å². The average Bonchev–Trinajstić information content (AvgIpc) is 2.15. The first-order chi connectivity index (χ1) is 7.00. The number of carbonyl (C=O) groups is 3. The highest BCUT2D eigenvalue weighted by atomic mass is 16.4. The zero-order valence-electron chi connectivity index (χ0n) is 8.45. The Hall–Kier alpha value is -1.43. The summed E-state index contributed by atoms with van der Waals surface area (Å²) in [6.07, 6.45) is 0.724. The number of amides is 2. The highest BCUT2D eigenvalue weighted by Gasteiger charge is 2.26. The van der Waals surface area contributed by atoms with Crippen molar-refractivity contribution in [1.82, 2.24) is 10.6 Å². The van der Waals surface area contributed by atoms with Crippen molar-refractivity contribution in [3.05, 3.63) is 0 Å². The number of hydrogen-bond donors (Lipinski definition) is 3. The summed E-state index contributed by atoms with van der Waals surface area (Å²) < 4.78 is 0.